The maximum absolute atomic E-state index is 13.0. The molecule has 0 spiro atoms. The minimum Gasteiger partial charge on any atom is -0.481 e. The first-order valence-electron chi connectivity index (χ1n) is 11.2. The normalized spacial score (nSPS) is 14.0. The van der Waals surface area contributed by atoms with Crippen molar-refractivity contribution in [3.8, 4) is 0 Å². The van der Waals surface area contributed by atoms with Crippen molar-refractivity contribution in [3.05, 3.63) is 18.2 Å². The van der Waals surface area contributed by atoms with Crippen molar-refractivity contribution < 1.29 is 44.1 Å². The Hall–Kier alpha value is -3.66. The Kier molecular flexibility index (Phi) is 13.7. The van der Waals surface area contributed by atoms with E-state index in [4.69, 9.17) is 15.9 Å². The molecule has 16 heteroatoms. The fraction of sp³-hybridized carbons (Fsp3) is 0.571. The van der Waals surface area contributed by atoms with Gasteiger partial charge >= 0.3 is 17.9 Å². The van der Waals surface area contributed by atoms with Crippen LogP contribution in [0.4, 0.5) is 0 Å². The third kappa shape index (κ3) is 12.2. The third-order valence-corrected chi connectivity index (χ3v) is 5.77. The number of imidazole rings is 1. The molecular formula is C21H32N6O9S. The summed E-state index contributed by atoms with van der Waals surface area (Å²) in [5, 5.41) is 34.3. The van der Waals surface area contributed by atoms with Crippen LogP contribution in [0.25, 0.3) is 0 Å². The van der Waals surface area contributed by atoms with Crippen LogP contribution < -0.4 is 21.7 Å². The number of nitrogens with two attached hydrogens (primary N) is 1. The average Bonchev–Trinajstić information content (AvgIpc) is 3.34. The van der Waals surface area contributed by atoms with Gasteiger partial charge in [0.1, 0.15) is 18.1 Å². The van der Waals surface area contributed by atoms with Gasteiger partial charge in [-0.15, -0.1) is 0 Å². The number of carboxylic acids is 3. The van der Waals surface area contributed by atoms with Crippen LogP contribution in [0.5, 0.6) is 0 Å². The first-order chi connectivity index (χ1) is 17.4. The molecule has 1 aromatic heterocycles. The zero-order valence-corrected chi connectivity index (χ0v) is 21.0. The number of hydrogen-bond donors (Lipinski definition) is 8. The Bertz CT molecular complexity index is 943. The summed E-state index contributed by atoms with van der Waals surface area (Å²) in [7, 11) is 0. The lowest BCUT2D eigenvalue weighted by Gasteiger charge is -2.25. The van der Waals surface area contributed by atoms with Crippen molar-refractivity contribution in [3.63, 3.8) is 0 Å². The molecule has 1 heterocycles. The summed E-state index contributed by atoms with van der Waals surface area (Å²) in [6.07, 6.45) is 3.10. The molecule has 0 saturated carbocycles. The molecule has 1 rings (SSSR count). The van der Waals surface area contributed by atoms with Crippen molar-refractivity contribution in [2.75, 3.05) is 12.0 Å². The van der Waals surface area contributed by atoms with Gasteiger partial charge in [-0.1, -0.05) is 0 Å². The molecule has 0 saturated heterocycles. The number of hydrogen-bond acceptors (Lipinski definition) is 9. The molecule has 206 valence electrons. The number of nitrogens with zero attached hydrogens (tertiary/aromatic N) is 1. The number of aliphatic carboxylic acids is 3. The Morgan fingerprint density at radius 1 is 0.892 bits per heavy atom. The van der Waals surface area contributed by atoms with Crippen LogP contribution in [0, 0.1) is 0 Å². The van der Waals surface area contributed by atoms with E-state index >= 15 is 0 Å². The van der Waals surface area contributed by atoms with Crippen molar-refractivity contribution >= 4 is 47.4 Å². The van der Waals surface area contributed by atoms with Crippen molar-refractivity contribution in [1.82, 2.24) is 25.9 Å². The molecule has 4 atom stereocenters. The second-order valence-electron chi connectivity index (χ2n) is 8.06. The predicted molar refractivity (Wildman–Crippen MR) is 130 cm³/mol. The summed E-state index contributed by atoms with van der Waals surface area (Å²) in [4.78, 5) is 78.4. The zero-order valence-electron chi connectivity index (χ0n) is 20.1. The van der Waals surface area contributed by atoms with Gasteiger partial charge in [-0.2, -0.15) is 11.8 Å². The monoisotopic (exact) mass is 544 g/mol. The van der Waals surface area contributed by atoms with Crippen molar-refractivity contribution in [1.29, 1.82) is 0 Å². The Labute approximate surface area is 216 Å². The number of carboxylic acid groups (broad SMARTS) is 3. The average molecular weight is 545 g/mol. The van der Waals surface area contributed by atoms with Crippen LogP contribution in [0.2, 0.25) is 0 Å². The molecule has 0 aliphatic carbocycles. The van der Waals surface area contributed by atoms with Crippen LogP contribution in [0.15, 0.2) is 12.5 Å². The molecule has 0 aromatic carbocycles. The predicted octanol–water partition coefficient (Wildman–Crippen LogP) is -1.70. The van der Waals surface area contributed by atoms with Crippen molar-refractivity contribution in [2.45, 2.75) is 62.7 Å². The minimum absolute atomic E-state index is 0.107. The lowest BCUT2D eigenvalue weighted by atomic mass is 10.1. The highest BCUT2D eigenvalue weighted by molar-refractivity contribution is 7.98. The number of aromatic nitrogens is 2. The standard InChI is InChI=1S/C21H32N6O9S/c1-37-7-6-14(21(35)36)26-20(34)15(8-11-9-23-10-24-11)27-19(33)13(3-5-17(30)31)25-18(32)12(22)2-4-16(28)29/h9-10,12-15H,2-8,22H2,1H3,(H,23,24)(H,25,32)(H,26,34)(H,27,33)(H,28,29)(H,30,31)(H,35,36). The van der Waals surface area contributed by atoms with Gasteiger partial charge in [-0.3, -0.25) is 24.0 Å². The fourth-order valence-corrected chi connectivity index (χ4v) is 3.56. The van der Waals surface area contributed by atoms with E-state index in [0.717, 1.165) is 0 Å². The smallest absolute Gasteiger partial charge is 0.326 e. The lowest BCUT2D eigenvalue weighted by Crippen LogP contribution is -2.57. The van der Waals surface area contributed by atoms with E-state index in [0.29, 0.717) is 11.4 Å². The zero-order chi connectivity index (χ0) is 28.0. The summed E-state index contributed by atoms with van der Waals surface area (Å²) in [5.74, 6) is -5.80. The highest BCUT2D eigenvalue weighted by Gasteiger charge is 2.31. The fourth-order valence-electron chi connectivity index (χ4n) is 3.09. The third-order valence-electron chi connectivity index (χ3n) is 5.12. The minimum atomic E-state index is -1.41. The van der Waals surface area contributed by atoms with Gasteiger partial charge in [-0.25, -0.2) is 9.78 Å². The number of rotatable bonds is 18. The van der Waals surface area contributed by atoms with Gasteiger partial charge in [0.15, 0.2) is 0 Å². The van der Waals surface area contributed by atoms with Gasteiger partial charge in [0.2, 0.25) is 17.7 Å². The molecule has 0 radical (unpaired) electrons. The van der Waals surface area contributed by atoms with E-state index in [9.17, 15) is 33.9 Å². The molecule has 37 heavy (non-hydrogen) atoms. The highest BCUT2D eigenvalue weighted by Crippen LogP contribution is 2.07. The Morgan fingerprint density at radius 2 is 1.46 bits per heavy atom. The van der Waals surface area contributed by atoms with Gasteiger partial charge in [0.05, 0.1) is 12.4 Å². The summed E-state index contributed by atoms with van der Waals surface area (Å²) in [5.41, 5.74) is 6.12. The topological polar surface area (TPSA) is 254 Å². The van der Waals surface area contributed by atoms with Crippen LogP contribution in [0.1, 0.15) is 37.8 Å². The molecule has 0 bridgehead atoms. The van der Waals surface area contributed by atoms with E-state index in [1.807, 2.05) is 0 Å². The molecule has 0 fully saturated rings. The summed E-state index contributed by atoms with van der Waals surface area (Å²) >= 11 is 1.39. The quantitative estimate of drug-likeness (QED) is 0.103. The second-order valence-corrected chi connectivity index (χ2v) is 9.04. The number of carbonyl (C=O) groups excluding carboxylic acids is 3. The van der Waals surface area contributed by atoms with Crippen LogP contribution in [-0.4, -0.2) is 97.1 Å². The summed E-state index contributed by atoms with van der Waals surface area (Å²) < 4.78 is 0. The maximum Gasteiger partial charge on any atom is 0.326 e. The van der Waals surface area contributed by atoms with Gasteiger partial charge in [0.25, 0.3) is 0 Å². The van der Waals surface area contributed by atoms with E-state index in [-0.39, 0.29) is 25.7 Å². The van der Waals surface area contributed by atoms with Crippen molar-refractivity contribution in [2.24, 2.45) is 5.73 Å². The van der Waals surface area contributed by atoms with Crippen LogP contribution >= 0.6 is 11.8 Å². The SMILES string of the molecule is CSCCC(NC(=O)C(Cc1cnc[nH]1)NC(=O)C(CCC(=O)O)NC(=O)C(N)CCC(=O)O)C(=O)O. The van der Waals surface area contributed by atoms with E-state index in [1.54, 1.807) is 6.26 Å². The molecule has 3 amide bonds. The number of amides is 3. The van der Waals surface area contributed by atoms with Crippen LogP contribution in [0.3, 0.4) is 0 Å². The van der Waals surface area contributed by atoms with Gasteiger partial charge in [-0.05, 0) is 31.3 Å². The molecule has 4 unspecified atom stereocenters. The highest BCUT2D eigenvalue weighted by atomic mass is 32.2. The second kappa shape index (κ2) is 16.2. The molecule has 9 N–H and O–H groups in total. The van der Waals surface area contributed by atoms with E-state index in [1.165, 1.54) is 24.3 Å². The number of H-pyrrole nitrogens is 1. The molecule has 0 aliphatic rings. The first-order valence-corrected chi connectivity index (χ1v) is 12.6. The number of aromatic amines is 1. The molecule has 15 nitrogen and oxygen atoms in total. The molecule has 1 aromatic rings. The number of nitrogens with one attached hydrogen (secondary N) is 4. The maximum atomic E-state index is 13.0. The Balaban J connectivity index is 3.05. The Morgan fingerprint density at radius 3 is 2.00 bits per heavy atom. The number of thioether (sulfide) groups is 1. The summed E-state index contributed by atoms with van der Waals surface area (Å²) in [6, 6.07) is -5.19. The molecule has 0 aliphatic heterocycles. The van der Waals surface area contributed by atoms with Crippen LogP contribution in [-0.2, 0) is 35.2 Å². The van der Waals surface area contributed by atoms with Gasteiger partial charge < -0.3 is 42.0 Å². The largest absolute Gasteiger partial charge is 0.481 e. The lowest BCUT2D eigenvalue weighted by molar-refractivity contribution is -0.142. The summed E-state index contributed by atoms with van der Waals surface area (Å²) in [6.45, 7) is 0. The molecular weight excluding hydrogens is 512 g/mol. The number of carbonyl (C=O) groups is 6. The van der Waals surface area contributed by atoms with E-state index in [2.05, 4.69) is 25.9 Å². The first kappa shape index (κ1) is 31.4. The van der Waals surface area contributed by atoms with E-state index < -0.39 is 72.6 Å². The van der Waals surface area contributed by atoms with Gasteiger partial charge in [0, 0.05) is 31.2 Å².